The Bertz CT molecular complexity index is 741. The molecule has 6 nitrogen and oxygen atoms in total. The van der Waals surface area contributed by atoms with Crippen LogP contribution in [0.5, 0.6) is 0 Å². The van der Waals surface area contributed by atoms with Crippen molar-refractivity contribution in [2.45, 2.75) is 37.1 Å². The van der Waals surface area contributed by atoms with Crippen molar-refractivity contribution in [3.8, 4) is 0 Å². The molecular weight excluding hydrogens is 280 g/mol. The van der Waals surface area contributed by atoms with E-state index in [1.54, 1.807) is 0 Å². The predicted octanol–water partition coefficient (Wildman–Crippen LogP) is 1.60. The Morgan fingerprint density at radius 3 is 3.14 bits per heavy atom. The third-order valence-corrected chi connectivity index (χ3v) is 4.79. The van der Waals surface area contributed by atoms with Crippen LogP contribution in [0.3, 0.4) is 0 Å². The molecule has 1 saturated carbocycles. The van der Waals surface area contributed by atoms with E-state index in [9.17, 15) is 4.79 Å². The smallest absolute Gasteiger partial charge is 0.235 e. The van der Waals surface area contributed by atoms with Gasteiger partial charge in [0.2, 0.25) is 11.8 Å². The summed E-state index contributed by atoms with van der Waals surface area (Å²) in [5.74, 6) is 1.29. The number of hydrogen-bond donors (Lipinski definition) is 2. The summed E-state index contributed by atoms with van der Waals surface area (Å²) in [5, 5.41) is 10.2. The van der Waals surface area contributed by atoms with Crippen LogP contribution in [0.1, 0.15) is 36.5 Å². The highest BCUT2D eigenvalue weighted by Gasteiger charge is 2.67. The number of carbonyl (C=O) groups excluding carboxylic acids is 1. The monoisotopic (exact) mass is 298 g/mol. The molecule has 1 aromatic heterocycles. The lowest BCUT2D eigenvalue weighted by molar-refractivity contribution is -0.118. The van der Waals surface area contributed by atoms with Crippen molar-refractivity contribution < 1.29 is 9.32 Å². The van der Waals surface area contributed by atoms with Gasteiger partial charge in [0.25, 0.3) is 0 Å². The summed E-state index contributed by atoms with van der Waals surface area (Å²) in [5.41, 5.74) is 1.45. The van der Waals surface area contributed by atoms with Gasteiger partial charge in [0, 0.05) is 18.2 Å². The van der Waals surface area contributed by atoms with Gasteiger partial charge in [-0.15, -0.1) is 0 Å². The molecule has 22 heavy (non-hydrogen) atoms. The number of nitrogens with zero attached hydrogens (tertiary/aromatic N) is 2. The normalized spacial score (nSPS) is 26.8. The topological polar surface area (TPSA) is 80.0 Å². The van der Waals surface area contributed by atoms with Gasteiger partial charge in [-0.1, -0.05) is 23.4 Å². The van der Waals surface area contributed by atoms with Gasteiger partial charge in [0.15, 0.2) is 5.82 Å². The average molecular weight is 298 g/mol. The molecule has 0 radical (unpaired) electrons. The molecule has 3 unspecified atom stereocenters. The first-order valence-electron chi connectivity index (χ1n) is 7.56. The molecular formula is C16H18N4O2. The number of fused-ring (bicyclic) bond motifs is 2. The van der Waals surface area contributed by atoms with E-state index in [0.717, 1.165) is 17.7 Å². The molecule has 1 spiro atoms. The molecule has 2 aromatic rings. The first-order valence-corrected chi connectivity index (χ1v) is 7.56. The molecule has 1 aliphatic carbocycles. The zero-order valence-corrected chi connectivity index (χ0v) is 12.6. The molecule has 4 rings (SSSR count). The number of likely N-dealkylation sites (N-methyl/N-ethyl adjacent to an activating group) is 1. The lowest BCUT2D eigenvalue weighted by Gasteiger charge is -2.05. The lowest BCUT2D eigenvalue weighted by Crippen LogP contribution is -2.24. The first kappa shape index (κ1) is 13.5. The van der Waals surface area contributed by atoms with Gasteiger partial charge in [-0.2, -0.15) is 4.98 Å². The summed E-state index contributed by atoms with van der Waals surface area (Å²) >= 11 is 0. The predicted molar refractivity (Wildman–Crippen MR) is 80.6 cm³/mol. The number of carbonyl (C=O) groups is 1. The van der Waals surface area contributed by atoms with Crippen LogP contribution in [0, 0.1) is 0 Å². The fourth-order valence-electron chi connectivity index (χ4n) is 3.31. The summed E-state index contributed by atoms with van der Waals surface area (Å²) in [4.78, 5) is 16.9. The van der Waals surface area contributed by atoms with Crippen LogP contribution in [0.25, 0.3) is 0 Å². The Morgan fingerprint density at radius 1 is 1.50 bits per heavy atom. The molecule has 0 saturated heterocycles. The molecule has 1 fully saturated rings. The molecule has 3 atom stereocenters. The van der Waals surface area contributed by atoms with E-state index in [0.29, 0.717) is 18.1 Å². The molecule has 2 aliphatic rings. The summed E-state index contributed by atoms with van der Waals surface area (Å²) in [6, 6.07) is 8.12. The van der Waals surface area contributed by atoms with Gasteiger partial charge in [0.05, 0.1) is 11.3 Å². The molecule has 2 heterocycles. The van der Waals surface area contributed by atoms with Gasteiger partial charge in [-0.25, -0.2) is 0 Å². The minimum absolute atomic E-state index is 0.0118. The average Bonchev–Trinajstić information content (AvgIpc) is 3.01. The number of anilines is 1. The molecule has 1 amide bonds. The van der Waals surface area contributed by atoms with Crippen LogP contribution in [0.2, 0.25) is 0 Å². The number of para-hydroxylation sites is 1. The lowest BCUT2D eigenvalue weighted by atomic mass is 9.95. The maximum absolute atomic E-state index is 12.4. The third kappa shape index (κ3) is 1.80. The number of rotatable bonds is 4. The van der Waals surface area contributed by atoms with Crippen molar-refractivity contribution in [2.75, 3.05) is 12.4 Å². The second-order valence-corrected chi connectivity index (χ2v) is 6.17. The second kappa shape index (κ2) is 4.64. The number of hydrogen-bond acceptors (Lipinski definition) is 5. The minimum Gasteiger partial charge on any atom is -0.339 e. The number of nitrogens with one attached hydrogen (secondary N) is 2. The fourth-order valence-corrected chi connectivity index (χ4v) is 3.31. The van der Waals surface area contributed by atoms with E-state index in [2.05, 4.69) is 27.7 Å². The highest BCUT2D eigenvalue weighted by atomic mass is 16.5. The minimum atomic E-state index is -0.505. The third-order valence-electron chi connectivity index (χ3n) is 4.79. The second-order valence-electron chi connectivity index (χ2n) is 6.17. The molecule has 1 aromatic carbocycles. The summed E-state index contributed by atoms with van der Waals surface area (Å²) in [7, 11) is 1.90. The van der Waals surface area contributed by atoms with Crippen LogP contribution in [0.4, 0.5) is 5.69 Å². The molecule has 114 valence electrons. The van der Waals surface area contributed by atoms with Gasteiger partial charge in [-0.05, 0) is 32.0 Å². The van der Waals surface area contributed by atoms with Crippen LogP contribution in [-0.2, 0) is 16.6 Å². The van der Waals surface area contributed by atoms with Crippen LogP contribution in [0.15, 0.2) is 28.8 Å². The zero-order valence-electron chi connectivity index (χ0n) is 12.6. The molecule has 0 bridgehead atoms. The van der Waals surface area contributed by atoms with Crippen molar-refractivity contribution in [3.05, 3.63) is 41.5 Å². The quantitative estimate of drug-likeness (QED) is 0.896. The SMILES string of the molecule is CNC(C)Cc1noc(C2CC23C(=O)Nc2ccccc23)n1. The standard InChI is InChI=1S/C16H18N4O2/c1-9(17-2)7-13-19-14(22-20-13)11-8-16(11)10-5-3-4-6-12(10)18-15(16)21/h3-6,9,11,17H,7-8H2,1-2H3,(H,18,21). The van der Waals surface area contributed by atoms with Gasteiger partial charge in [-0.3, -0.25) is 4.79 Å². The maximum atomic E-state index is 12.4. The van der Waals surface area contributed by atoms with E-state index in [1.807, 2.05) is 31.3 Å². The summed E-state index contributed by atoms with van der Waals surface area (Å²) < 4.78 is 5.42. The maximum Gasteiger partial charge on any atom is 0.235 e. The highest BCUT2D eigenvalue weighted by Crippen LogP contribution is 2.64. The number of aromatic nitrogens is 2. The van der Waals surface area contributed by atoms with Crippen LogP contribution >= 0.6 is 0 Å². The Hall–Kier alpha value is -2.21. The van der Waals surface area contributed by atoms with Crippen molar-refractivity contribution in [1.29, 1.82) is 0 Å². The first-order chi connectivity index (χ1) is 10.6. The summed E-state index contributed by atoms with van der Waals surface area (Å²) in [6.07, 6.45) is 1.45. The number of amides is 1. The Labute approximate surface area is 128 Å². The van der Waals surface area contributed by atoms with Crippen molar-refractivity contribution in [1.82, 2.24) is 15.5 Å². The van der Waals surface area contributed by atoms with E-state index < -0.39 is 5.41 Å². The fraction of sp³-hybridized carbons (Fsp3) is 0.438. The number of benzene rings is 1. The highest BCUT2D eigenvalue weighted by molar-refractivity contribution is 6.09. The Morgan fingerprint density at radius 2 is 2.32 bits per heavy atom. The van der Waals surface area contributed by atoms with E-state index in [4.69, 9.17) is 4.52 Å². The Kier molecular flexibility index (Phi) is 2.84. The van der Waals surface area contributed by atoms with Gasteiger partial charge >= 0.3 is 0 Å². The van der Waals surface area contributed by atoms with Crippen LogP contribution in [-0.4, -0.2) is 29.1 Å². The molecule has 1 aliphatic heterocycles. The summed E-state index contributed by atoms with van der Waals surface area (Å²) in [6.45, 7) is 2.06. The van der Waals surface area contributed by atoms with E-state index in [1.165, 1.54) is 0 Å². The van der Waals surface area contributed by atoms with Crippen molar-refractivity contribution in [2.24, 2.45) is 0 Å². The van der Waals surface area contributed by atoms with Crippen LogP contribution < -0.4 is 10.6 Å². The van der Waals surface area contributed by atoms with Gasteiger partial charge in [0.1, 0.15) is 0 Å². The molecule has 2 N–H and O–H groups in total. The Balaban J connectivity index is 1.61. The van der Waals surface area contributed by atoms with Gasteiger partial charge < -0.3 is 15.2 Å². The largest absolute Gasteiger partial charge is 0.339 e. The zero-order chi connectivity index (χ0) is 15.3. The van der Waals surface area contributed by atoms with E-state index >= 15 is 0 Å². The molecule has 6 heteroatoms. The van der Waals surface area contributed by atoms with Crippen molar-refractivity contribution >= 4 is 11.6 Å². The van der Waals surface area contributed by atoms with E-state index in [-0.39, 0.29) is 17.9 Å². The van der Waals surface area contributed by atoms with Crippen molar-refractivity contribution in [3.63, 3.8) is 0 Å².